The zero-order valence-electron chi connectivity index (χ0n) is 14.3. The van der Waals surface area contributed by atoms with E-state index in [0.29, 0.717) is 5.75 Å². The Labute approximate surface area is 157 Å². The van der Waals surface area contributed by atoms with E-state index in [2.05, 4.69) is 4.72 Å². The van der Waals surface area contributed by atoms with Gasteiger partial charge in [-0.1, -0.05) is 0 Å². The molecule has 0 bridgehead atoms. The van der Waals surface area contributed by atoms with Gasteiger partial charge in [-0.2, -0.15) is 0 Å². The highest BCUT2D eigenvalue weighted by Gasteiger charge is 2.15. The van der Waals surface area contributed by atoms with Gasteiger partial charge in [0.25, 0.3) is 10.0 Å². The Morgan fingerprint density at radius 3 is 2.04 bits per heavy atom. The highest BCUT2D eigenvalue weighted by atomic mass is 32.2. The van der Waals surface area contributed by atoms with Crippen LogP contribution in [0.2, 0.25) is 0 Å². The second-order valence-corrected chi connectivity index (χ2v) is 8.48. The Hall–Kier alpha value is -2.63. The summed E-state index contributed by atoms with van der Waals surface area (Å²) in [5, 5.41) is 4.99. The van der Waals surface area contributed by atoms with Crippen LogP contribution in [0, 0.1) is 0 Å². The molecule has 2 rings (SSSR count). The van der Waals surface area contributed by atoms with Gasteiger partial charge in [-0.15, -0.1) is 0 Å². The van der Waals surface area contributed by atoms with E-state index < -0.39 is 26.0 Å². The highest BCUT2D eigenvalue weighted by Crippen LogP contribution is 2.20. The van der Waals surface area contributed by atoms with Crippen molar-refractivity contribution in [3.63, 3.8) is 0 Å². The summed E-state index contributed by atoms with van der Waals surface area (Å²) in [5.41, 5.74) is 0.171. The maximum Gasteiger partial charge on any atom is 0.344 e. The van der Waals surface area contributed by atoms with Gasteiger partial charge in [-0.3, -0.25) is 4.72 Å². The molecule has 0 heterocycles. The van der Waals surface area contributed by atoms with E-state index in [1.807, 2.05) is 0 Å². The lowest BCUT2D eigenvalue weighted by atomic mass is 10.3. The molecule has 11 heteroatoms. The van der Waals surface area contributed by atoms with Crippen LogP contribution in [0.3, 0.4) is 0 Å². The summed E-state index contributed by atoms with van der Waals surface area (Å²) in [6.45, 7) is 1.63. The lowest BCUT2D eigenvalue weighted by Crippen LogP contribution is -2.15. The van der Waals surface area contributed by atoms with Gasteiger partial charge in [-0.05, 0) is 55.5 Å². The van der Waals surface area contributed by atoms with Crippen molar-refractivity contribution in [2.45, 2.75) is 16.7 Å². The molecular formula is C16H18N2O7S2. The van der Waals surface area contributed by atoms with Crippen LogP contribution in [0.4, 0.5) is 5.69 Å². The molecule has 2 aromatic carbocycles. The summed E-state index contributed by atoms with van der Waals surface area (Å²) >= 11 is 0. The largest absolute Gasteiger partial charge is 0.482 e. The van der Waals surface area contributed by atoms with Crippen LogP contribution in [-0.2, 0) is 29.6 Å². The number of nitrogens with two attached hydrogens (primary N) is 1. The SMILES string of the molecule is CCOC(=O)COc1ccc(S(=O)(=O)Nc2ccc(S(N)(=O)=O)cc2)cc1. The van der Waals surface area contributed by atoms with Crippen molar-refractivity contribution in [2.24, 2.45) is 5.14 Å². The van der Waals surface area contributed by atoms with E-state index in [-0.39, 0.29) is 28.7 Å². The molecule has 9 nitrogen and oxygen atoms in total. The third-order valence-electron chi connectivity index (χ3n) is 3.23. The topological polar surface area (TPSA) is 142 Å². The number of ether oxygens (including phenoxy) is 2. The molecule has 146 valence electrons. The number of anilines is 1. The standard InChI is InChI=1S/C16H18N2O7S2/c1-2-24-16(19)11-25-13-5-9-15(10-6-13)27(22,23)18-12-3-7-14(8-4-12)26(17,20)21/h3-10,18H,2,11H2,1H3,(H2,17,20,21). The van der Waals surface area contributed by atoms with Crippen LogP contribution in [-0.4, -0.2) is 36.0 Å². The van der Waals surface area contributed by atoms with E-state index in [1.165, 1.54) is 48.5 Å². The maximum atomic E-state index is 12.4. The zero-order chi connectivity index (χ0) is 20.1. The summed E-state index contributed by atoms with van der Waals surface area (Å²) < 4.78 is 59.4. The molecule has 0 spiro atoms. The predicted octanol–water partition coefficient (Wildman–Crippen LogP) is 1.08. The van der Waals surface area contributed by atoms with Crippen LogP contribution in [0.5, 0.6) is 5.75 Å². The van der Waals surface area contributed by atoms with Gasteiger partial charge in [0.2, 0.25) is 10.0 Å². The van der Waals surface area contributed by atoms with Crippen molar-refractivity contribution in [1.82, 2.24) is 0 Å². The van der Waals surface area contributed by atoms with E-state index in [4.69, 9.17) is 14.6 Å². The van der Waals surface area contributed by atoms with Crippen molar-refractivity contribution in [3.05, 3.63) is 48.5 Å². The monoisotopic (exact) mass is 414 g/mol. The Balaban J connectivity index is 2.07. The molecule has 0 saturated heterocycles. The molecule has 0 saturated carbocycles. The number of rotatable bonds is 8. The number of carbonyl (C=O) groups excluding carboxylic acids is 1. The Morgan fingerprint density at radius 2 is 1.52 bits per heavy atom. The molecule has 3 N–H and O–H groups in total. The highest BCUT2D eigenvalue weighted by molar-refractivity contribution is 7.92. The van der Waals surface area contributed by atoms with Crippen LogP contribution < -0.4 is 14.6 Å². The van der Waals surface area contributed by atoms with Crippen LogP contribution in [0.15, 0.2) is 58.3 Å². The molecule has 0 aliphatic heterocycles. The Morgan fingerprint density at radius 1 is 0.963 bits per heavy atom. The second-order valence-electron chi connectivity index (χ2n) is 5.24. The lowest BCUT2D eigenvalue weighted by Gasteiger charge is -2.10. The average molecular weight is 414 g/mol. The second kappa shape index (κ2) is 8.37. The van der Waals surface area contributed by atoms with Crippen molar-refractivity contribution >= 4 is 31.7 Å². The number of sulfonamides is 2. The quantitative estimate of drug-likeness (QED) is 0.615. The van der Waals surface area contributed by atoms with Gasteiger partial charge in [0.1, 0.15) is 5.75 Å². The minimum Gasteiger partial charge on any atom is -0.482 e. The molecule has 0 fully saturated rings. The summed E-state index contributed by atoms with van der Waals surface area (Å²) in [4.78, 5) is 11.1. The van der Waals surface area contributed by atoms with Crippen LogP contribution >= 0.6 is 0 Å². The third-order valence-corrected chi connectivity index (χ3v) is 5.56. The first kappa shape index (κ1) is 20.7. The third kappa shape index (κ3) is 5.94. The Bertz CT molecular complexity index is 1000. The fourth-order valence-electron chi connectivity index (χ4n) is 1.99. The number of benzene rings is 2. The van der Waals surface area contributed by atoms with Crippen molar-refractivity contribution < 1.29 is 31.1 Å². The van der Waals surface area contributed by atoms with Gasteiger partial charge in [0, 0.05) is 5.69 Å². The molecule has 2 aromatic rings. The predicted molar refractivity (Wildman–Crippen MR) is 97.2 cm³/mol. The molecule has 0 aliphatic rings. The first-order valence-electron chi connectivity index (χ1n) is 7.66. The van der Waals surface area contributed by atoms with Crippen LogP contribution in [0.25, 0.3) is 0 Å². The first-order chi connectivity index (χ1) is 12.6. The summed E-state index contributed by atoms with van der Waals surface area (Å²) in [6, 6.07) is 10.4. The van der Waals surface area contributed by atoms with Gasteiger partial charge in [-0.25, -0.2) is 26.8 Å². The van der Waals surface area contributed by atoms with E-state index in [1.54, 1.807) is 6.92 Å². The zero-order valence-corrected chi connectivity index (χ0v) is 15.9. The normalized spacial score (nSPS) is 11.6. The average Bonchev–Trinajstić information content (AvgIpc) is 2.60. The molecule has 0 amide bonds. The van der Waals surface area contributed by atoms with Crippen LogP contribution in [0.1, 0.15) is 6.92 Å². The number of hydrogen-bond donors (Lipinski definition) is 2. The van der Waals surface area contributed by atoms with Gasteiger partial charge >= 0.3 is 5.97 Å². The molecular weight excluding hydrogens is 396 g/mol. The summed E-state index contributed by atoms with van der Waals surface area (Å²) in [6.07, 6.45) is 0. The number of carbonyl (C=O) groups is 1. The van der Waals surface area contributed by atoms with E-state index in [0.717, 1.165) is 0 Å². The lowest BCUT2D eigenvalue weighted by molar-refractivity contribution is -0.145. The Kier molecular flexibility index (Phi) is 6.41. The molecule has 0 aromatic heterocycles. The van der Waals surface area contributed by atoms with Crippen molar-refractivity contribution in [2.75, 3.05) is 17.9 Å². The molecule has 0 unspecified atom stereocenters. The summed E-state index contributed by atoms with van der Waals surface area (Å²) in [7, 11) is -7.76. The van der Waals surface area contributed by atoms with Gasteiger partial charge in [0.15, 0.2) is 6.61 Å². The van der Waals surface area contributed by atoms with E-state index in [9.17, 15) is 21.6 Å². The fraction of sp³-hybridized carbons (Fsp3) is 0.188. The van der Waals surface area contributed by atoms with Gasteiger partial charge < -0.3 is 9.47 Å². The number of esters is 1. The number of nitrogens with one attached hydrogen (secondary N) is 1. The minimum atomic E-state index is -3.90. The van der Waals surface area contributed by atoms with E-state index >= 15 is 0 Å². The smallest absolute Gasteiger partial charge is 0.344 e. The first-order valence-corrected chi connectivity index (χ1v) is 10.7. The van der Waals surface area contributed by atoms with Crippen molar-refractivity contribution in [1.29, 1.82) is 0 Å². The number of hydrogen-bond acceptors (Lipinski definition) is 7. The van der Waals surface area contributed by atoms with Crippen molar-refractivity contribution in [3.8, 4) is 5.75 Å². The number of primary sulfonamides is 1. The fourth-order valence-corrected chi connectivity index (χ4v) is 3.56. The molecule has 0 atom stereocenters. The molecule has 27 heavy (non-hydrogen) atoms. The molecule has 0 radical (unpaired) electrons. The molecule has 0 aliphatic carbocycles. The minimum absolute atomic E-state index is 0.0403. The maximum absolute atomic E-state index is 12.4. The summed E-state index contributed by atoms with van der Waals surface area (Å²) in [5.74, 6) is -0.224. The van der Waals surface area contributed by atoms with Gasteiger partial charge in [0.05, 0.1) is 16.4 Å².